The van der Waals surface area contributed by atoms with Crippen LogP contribution in [-0.2, 0) is 15.9 Å². The number of carbonyl (C=O) groups excluding carboxylic acids is 1. The molecule has 0 saturated carbocycles. The predicted molar refractivity (Wildman–Crippen MR) is 115 cm³/mol. The quantitative estimate of drug-likeness (QED) is 0.254. The van der Waals surface area contributed by atoms with Crippen LogP contribution in [0.1, 0.15) is 40.9 Å². The van der Waals surface area contributed by atoms with Gasteiger partial charge >= 0.3 is 5.97 Å². The summed E-state index contributed by atoms with van der Waals surface area (Å²) < 4.78 is 21.1. The van der Waals surface area contributed by atoms with E-state index in [1.165, 1.54) is 12.7 Å². The van der Waals surface area contributed by atoms with Gasteiger partial charge < -0.3 is 18.9 Å². The lowest BCUT2D eigenvalue weighted by molar-refractivity contribution is 0.0485. The maximum absolute atomic E-state index is 11.5. The molecule has 5 heteroatoms. The normalized spacial score (nSPS) is 10.7. The predicted octanol–water partition coefficient (Wildman–Crippen LogP) is 5.14. The summed E-state index contributed by atoms with van der Waals surface area (Å²) in [4.78, 5) is 11.5. The van der Waals surface area contributed by atoms with Gasteiger partial charge in [-0.3, -0.25) is 0 Å². The Bertz CT molecular complexity index is 875. The molecule has 0 aromatic heterocycles. The first-order valence-corrected chi connectivity index (χ1v) is 9.31. The lowest BCUT2D eigenvalue weighted by Gasteiger charge is -2.15. The van der Waals surface area contributed by atoms with Gasteiger partial charge in [0.15, 0.2) is 18.3 Å². The minimum atomic E-state index is -0.346. The molecule has 0 aliphatic rings. The molecule has 0 atom stereocenters. The number of carbonyl (C=O) groups is 1. The van der Waals surface area contributed by atoms with E-state index in [4.69, 9.17) is 18.9 Å². The lowest BCUT2D eigenvalue weighted by atomic mass is 10.0. The van der Waals surface area contributed by atoms with E-state index in [2.05, 4.69) is 26.0 Å². The van der Waals surface area contributed by atoms with Crippen LogP contribution in [0.15, 0.2) is 48.0 Å². The monoisotopic (exact) mass is 396 g/mol. The van der Waals surface area contributed by atoms with Crippen molar-refractivity contribution in [3.05, 3.63) is 70.3 Å². The van der Waals surface area contributed by atoms with Gasteiger partial charge in [0, 0.05) is 12.7 Å². The summed E-state index contributed by atoms with van der Waals surface area (Å²) in [6, 6.07) is 11.2. The van der Waals surface area contributed by atoms with Crippen molar-refractivity contribution in [2.24, 2.45) is 0 Å². The molecule has 0 amide bonds. The lowest BCUT2D eigenvalue weighted by Crippen LogP contribution is -2.04. The van der Waals surface area contributed by atoms with Gasteiger partial charge in [0.1, 0.15) is 0 Å². The van der Waals surface area contributed by atoms with Crippen molar-refractivity contribution in [3.63, 3.8) is 0 Å². The third-order valence-electron chi connectivity index (χ3n) is 4.23. The second-order valence-electron chi connectivity index (χ2n) is 6.69. The Kier molecular flexibility index (Phi) is 8.49. The van der Waals surface area contributed by atoms with Gasteiger partial charge in [-0.2, -0.15) is 0 Å². The molecule has 0 aliphatic carbocycles. The standard InChI is InChI=1S/C24H28O5/c1-17(2)6-11-21-14-19(15-22(27-4)23(21)29-16-26-3)8-7-18-9-12-20(13-10-18)24(25)28-5/h6-10,12-15H,11,16H2,1-5H3/b8-7+. The highest BCUT2D eigenvalue weighted by molar-refractivity contribution is 5.89. The van der Waals surface area contributed by atoms with Crippen molar-refractivity contribution in [3.8, 4) is 11.5 Å². The Labute approximate surface area is 172 Å². The molecule has 0 unspecified atom stereocenters. The molecule has 0 fully saturated rings. The van der Waals surface area contributed by atoms with Crippen LogP contribution >= 0.6 is 0 Å². The fourth-order valence-electron chi connectivity index (χ4n) is 2.72. The number of benzene rings is 2. The summed E-state index contributed by atoms with van der Waals surface area (Å²) in [6.45, 7) is 4.28. The molecule has 0 N–H and O–H groups in total. The maximum atomic E-state index is 11.5. The zero-order chi connectivity index (χ0) is 21.2. The summed E-state index contributed by atoms with van der Waals surface area (Å²) >= 11 is 0. The molecule has 2 aromatic rings. The van der Waals surface area contributed by atoms with Crippen molar-refractivity contribution < 1.29 is 23.7 Å². The third kappa shape index (κ3) is 6.50. The molecule has 0 spiro atoms. The van der Waals surface area contributed by atoms with Crippen LogP contribution in [-0.4, -0.2) is 34.1 Å². The highest BCUT2D eigenvalue weighted by Gasteiger charge is 2.12. The molecule has 0 heterocycles. The van der Waals surface area contributed by atoms with Crippen molar-refractivity contribution in [2.75, 3.05) is 28.1 Å². The summed E-state index contributed by atoms with van der Waals surface area (Å²) in [7, 11) is 4.58. The van der Waals surface area contributed by atoms with E-state index in [-0.39, 0.29) is 12.8 Å². The van der Waals surface area contributed by atoms with Gasteiger partial charge in [0.25, 0.3) is 0 Å². The Hall–Kier alpha value is -3.05. The minimum absolute atomic E-state index is 0.153. The van der Waals surface area contributed by atoms with Gasteiger partial charge in [-0.05, 0) is 55.7 Å². The Morgan fingerprint density at radius 2 is 1.66 bits per heavy atom. The third-order valence-corrected chi connectivity index (χ3v) is 4.23. The molecule has 29 heavy (non-hydrogen) atoms. The van der Waals surface area contributed by atoms with Crippen LogP contribution in [0.4, 0.5) is 0 Å². The zero-order valence-corrected chi connectivity index (χ0v) is 17.7. The first kappa shape index (κ1) is 22.2. The molecule has 154 valence electrons. The second kappa shape index (κ2) is 11.1. The van der Waals surface area contributed by atoms with E-state index >= 15 is 0 Å². The maximum Gasteiger partial charge on any atom is 0.337 e. The number of hydrogen-bond acceptors (Lipinski definition) is 5. The van der Waals surface area contributed by atoms with Crippen LogP contribution < -0.4 is 9.47 Å². The Morgan fingerprint density at radius 3 is 2.24 bits per heavy atom. The van der Waals surface area contributed by atoms with E-state index in [0.717, 1.165) is 23.1 Å². The highest BCUT2D eigenvalue weighted by atomic mass is 16.7. The molecule has 2 aromatic carbocycles. The van der Waals surface area contributed by atoms with Gasteiger partial charge in [-0.25, -0.2) is 4.79 Å². The smallest absolute Gasteiger partial charge is 0.337 e. The van der Waals surface area contributed by atoms with Crippen LogP contribution in [0.2, 0.25) is 0 Å². The van der Waals surface area contributed by atoms with E-state index in [0.29, 0.717) is 17.1 Å². The average molecular weight is 396 g/mol. The van der Waals surface area contributed by atoms with Crippen molar-refractivity contribution >= 4 is 18.1 Å². The van der Waals surface area contributed by atoms with Crippen LogP contribution in [0.25, 0.3) is 12.2 Å². The summed E-state index contributed by atoms with van der Waals surface area (Å²) in [5.41, 5.74) is 4.73. The molecule has 0 aliphatic heterocycles. The van der Waals surface area contributed by atoms with E-state index in [1.54, 1.807) is 26.4 Å². The first-order chi connectivity index (χ1) is 14.0. The first-order valence-electron chi connectivity index (χ1n) is 9.31. The number of esters is 1. The SMILES string of the molecule is COCOc1c(CC=C(C)C)cc(/C=C/c2ccc(C(=O)OC)cc2)cc1OC. The number of hydrogen-bond donors (Lipinski definition) is 0. The van der Waals surface area contributed by atoms with Crippen molar-refractivity contribution in [2.45, 2.75) is 20.3 Å². The second-order valence-corrected chi connectivity index (χ2v) is 6.69. The van der Waals surface area contributed by atoms with Crippen molar-refractivity contribution in [1.29, 1.82) is 0 Å². The molecule has 2 rings (SSSR count). The fraction of sp³-hybridized carbons (Fsp3) is 0.292. The molecule has 5 nitrogen and oxygen atoms in total. The van der Waals surface area contributed by atoms with Gasteiger partial charge in [-0.15, -0.1) is 0 Å². The molecule has 0 saturated heterocycles. The number of ether oxygens (including phenoxy) is 4. The van der Waals surface area contributed by atoms with Gasteiger partial charge in [0.2, 0.25) is 0 Å². The van der Waals surface area contributed by atoms with E-state index in [9.17, 15) is 4.79 Å². The largest absolute Gasteiger partial charge is 0.493 e. The van der Waals surface area contributed by atoms with Crippen LogP contribution in [0.3, 0.4) is 0 Å². The minimum Gasteiger partial charge on any atom is -0.493 e. The summed E-state index contributed by atoms with van der Waals surface area (Å²) in [5.74, 6) is 0.995. The fourth-order valence-corrected chi connectivity index (χ4v) is 2.72. The van der Waals surface area contributed by atoms with E-state index in [1.807, 2.05) is 30.4 Å². The van der Waals surface area contributed by atoms with Crippen molar-refractivity contribution in [1.82, 2.24) is 0 Å². The van der Waals surface area contributed by atoms with Crippen LogP contribution in [0.5, 0.6) is 11.5 Å². The number of methoxy groups -OCH3 is 3. The van der Waals surface area contributed by atoms with Crippen LogP contribution in [0, 0.1) is 0 Å². The van der Waals surface area contributed by atoms with Gasteiger partial charge in [0.05, 0.1) is 19.8 Å². The topological polar surface area (TPSA) is 54.0 Å². The molecular weight excluding hydrogens is 368 g/mol. The summed E-state index contributed by atoms with van der Waals surface area (Å²) in [5, 5.41) is 0. The number of allylic oxidation sites excluding steroid dienone is 2. The molecular formula is C24H28O5. The highest BCUT2D eigenvalue weighted by Crippen LogP contribution is 2.34. The average Bonchev–Trinajstić information content (AvgIpc) is 2.74. The summed E-state index contributed by atoms with van der Waals surface area (Å²) in [6.07, 6.45) is 6.86. The molecule has 0 radical (unpaired) electrons. The van der Waals surface area contributed by atoms with Gasteiger partial charge in [-0.1, -0.05) is 35.9 Å². The number of rotatable bonds is 9. The zero-order valence-electron chi connectivity index (χ0n) is 17.7. The molecule has 0 bridgehead atoms. The Morgan fingerprint density at radius 1 is 0.966 bits per heavy atom. The Balaban J connectivity index is 2.33. The van der Waals surface area contributed by atoms with E-state index < -0.39 is 0 Å².